The van der Waals surface area contributed by atoms with Crippen LogP contribution in [0.3, 0.4) is 0 Å². The number of alkyl halides is 1. The van der Waals surface area contributed by atoms with E-state index in [4.69, 9.17) is 11.6 Å². The molecule has 2 atom stereocenters. The maximum absolute atomic E-state index is 13.4. The van der Waals surface area contributed by atoms with E-state index < -0.39 is 5.00 Å². The summed E-state index contributed by atoms with van der Waals surface area (Å²) in [6, 6.07) is 26.1. The predicted octanol–water partition coefficient (Wildman–Crippen LogP) is 5.79. The molecule has 2 amide bonds. The van der Waals surface area contributed by atoms with E-state index >= 15 is 0 Å². The molecule has 0 bridgehead atoms. The third-order valence-electron chi connectivity index (χ3n) is 5.48. The van der Waals surface area contributed by atoms with Crippen molar-refractivity contribution in [3.8, 4) is 0 Å². The fourth-order valence-electron chi connectivity index (χ4n) is 4.21. The number of para-hydroxylation sites is 2. The fraction of sp³-hybridized carbons (Fsp3) is 0.200. The van der Waals surface area contributed by atoms with Crippen molar-refractivity contribution in [3.63, 3.8) is 0 Å². The molecular weight excluding hydrogens is 396 g/mol. The zero-order valence-corrected chi connectivity index (χ0v) is 17.7. The Morgan fingerprint density at radius 3 is 2.13 bits per heavy atom. The van der Waals surface area contributed by atoms with Crippen molar-refractivity contribution < 1.29 is 9.59 Å². The molecule has 0 N–H and O–H groups in total. The van der Waals surface area contributed by atoms with Crippen LogP contribution in [0, 0.1) is 0 Å². The van der Waals surface area contributed by atoms with Gasteiger partial charge in [-0.3, -0.25) is 14.5 Å². The van der Waals surface area contributed by atoms with E-state index in [-0.39, 0.29) is 17.9 Å². The molecule has 0 saturated heterocycles. The van der Waals surface area contributed by atoms with Gasteiger partial charge in [-0.15, -0.1) is 0 Å². The minimum Gasteiger partial charge on any atom is -0.305 e. The first-order valence-electron chi connectivity index (χ1n) is 9.92. The van der Waals surface area contributed by atoms with Crippen LogP contribution < -0.4 is 9.80 Å². The molecule has 30 heavy (non-hydrogen) atoms. The number of rotatable bonds is 3. The summed E-state index contributed by atoms with van der Waals surface area (Å²) in [7, 11) is 0. The first-order valence-corrected chi connectivity index (χ1v) is 10.3. The van der Waals surface area contributed by atoms with E-state index in [0.29, 0.717) is 12.0 Å². The molecule has 0 aliphatic carbocycles. The molecule has 4 rings (SSSR count). The molecule has 0 aromatic heterocycles. The number of amides is 2. The second kappa shape index (κ2) is 7.96. The van der Waals surface area contributed by atoms with Gasteiger partial charge in [0.15, 0.2) is 0 Å². The predicted molar refractivity (Wildman–Crippen MR) is 121 cm³/mol. The number of hydrogen-bond acceptors (Lipinski definition) is 2. The number of anilines is 2. The molecule has 4 nitrogen and oxygen atoms in total. The molecular formula is C25H23ClN2O2. The van der Waals surface area contributed by atoms with Crippen LogP contribution in [0.4, 0.5) is 11.4 Å². The van der Waals surface area contributed by atoms with Gasteiger partial charge in [0.2, 0.25) is 5.91 Å². The summed E-state index contributed by atoms with van der Waals surface area (Å²) in [6.45, 7) is 3.39. The van der Waals surface area contributed by atoms with Crippen LogP contribution in [0.2, 0.25) is 0 Å². The first-order chi connectivity index (χ1) is 14.4. The molecule has 3 aromatic carbocycles. The Labute approximate surface area is 181 Å². The lowest BCUT2D eigenvalue weighted by atomic mass is 9.89. The smallest absolute Gasteiger partial charge is 0.259 e. The number of fused-ring (bicyclic) bond motifs is 1. The van der Waals surface area contributed by atoms with Gasteiger partial charge in [0.05, 0.1) is 11.7 Å². The maximum Gasteiger partial charge on any atom is 0.259 e. The van der Waals surface area contributed by atoms with Crippen LogP contribution in [0.25, 0.3) is 0 Å². The van der Waals surface area contributed by atoms with E-state index in [1.807, 2.05) is 79.7 Å². The highest BCUT2D eigenvalue weighted by atomic mass is 35.5. The molecule has 0 spiro atoms. The summed E-state index contributed by atoms with van der Waals surface area (Å²) >= 11 is 7.01. The van der Waals surface area contributed by atoms with Gasteiger partial charge in [-0.2, -0.15) is 0 Å². The highest BCUT2D eigenvalue weighted by Gasteiger charge is 2.45. The zero-order valence-electron chi connectivity index (χ0n) is 17.0. The molecule has 152 valence electrons. The molecule has 1 heterocycles. The molecule has 0 saturated carbocycles. The van der Waals surface area contributed by atoms with Crippen molar-refractivity contribution >= 4 is 34.8 Å². The number of carbonyl (C=O) groups is 2. The SMILES string of the molecule is CC(=O)N(c1ccccc1)C1CC(C)(Cl)N(C(=O)c2ccccc2)c2ccccc21. The Morgan fingerprint density at radius 2 is 1.50 bits per heavy atom. The van der Waals surface area contributed by atoms with Crippen LogP contribution in [0.1, 0.15) is 42.2 Å². The Hall–Kier alpha value is -3.11. The van der Waals surface area contributed by atoms with Crippen LogP contribution in [0.5, 0.6) is 0 Å². The summed E-state index contributed by atoms with van der Waals surface area (Å²) in [6.07, 6.45) is 0.401. The minimum atomic E-state index is -1.01. The Kier molecular flexibility index (Phi) is 5.35. The summed E-state index contributed by atoms with van der Waals surface area (Å²) in [5.41, 5.74) is 3.01. The highest BCUT2D eigenvalue weighted by Crippen LogP contribution is 2.48. The van der Waals surface area contributed by atoms with Gasteiger partial charge in [-0.25, -0.2) is 0 Å². The maximum atomic E-state index is 13.4. The van der Waals surface area contributed by atoms with Gasteiger partial charge >= 0.3 is 0 Å². The number of benzene rings is 3. The van der Waals surface area contributed by atoms with Gasteiger partial charge < -0.3 is 4.90 Å². The van der Waals surface area contributed by atoms with Crippen LogP contribution in [-0.2, 0) is 4.79 Å². The third-order valence-corrected chi connectivity index (χ3v) is 5.80. The Morgan fingerprint density at radius 1 is 0.933 bits per heavy atom. The Balaban J connectivity index is 1.84. The molecule has 2 unspecified atom stereocenters. The van der Waals surface area contributed by atoms with Gasteiger partial charge in [-0.1, -0.05) is 66.2 Å². The fourth-order valence-corrected chi connectivity index (χ4v) is 4.52. The molecule has 0 radical (unpaired) electrons. The lowest BCUT2D eigenvalue weighted by Gasteiger charge is -2.47. The van der Waals surface area contributed by atoms with E-state index in [0.717, 1.165) is 16.9 Å². The van der Waals surface area contributed by atoms with Crippen molar-refractivity contribution in [2.45, 2.75) is 31.3 Å². The number of carbonyl (C=O) groups excluding carboxylic acids is 2. The molecule has 0 fully saturated rings. The molecule has 1 aliphatic heterocycles. The van der Waals surface area contributed by atoms with Crippen LogP contribution >= 0.6 is 11.6 Å². The second-order valence-corrected chi connectivity index (χ2v) is 8.47. The average Bonchev–Trinajstić information content (AvgIpc) is 2.74. The Bertz CT molecular complexity index is 1070. The number of hydrogen-bond donors (Lipinski definition) is 0. The third kappa shape index (κ3) is 3.59. The summed E-state index contributed by atoms with van der Waals surface area (Å²) in [4.78, 5) is 28.5. The van der Waals surface area contributed by atoms with Crippen molar-refractivity contribution in [1.29, 1.82) is 0 Å². The van der Waals surface area contributed by atoms with Crippen molar-refractivity contribution in [1.82, 2.24) is 0 Å². The quantitative estimate of drug-likeness (QED) is 0.399. The lowest BCUT2D eigenvalue weighted by Crippen LogP contribution is -2.53. The van der Waals surface area contributed by atoms with Crippen molar-refractivity contribution in [2.75, 3.05) is 9.80 Å². The second-order valence-electron chi connectivity index (χ2n) is 7.65. The minimum absolute atomic E-state index is 0.0729. The van der Waals surface area contributed by atoms with E-state index in [1.165, 1.54) is 0 Å². The van der Waals surface area contributed by atoms with E-state index in [2.05, 4.69) is 0 Å². The summed E-state index contributed by atoms with van der Waals surface area (Å²) in [5, 5.41) is 0. The lowest BCUT2D eigenvalue weighted by molar-refractivity contribution is -0.117. The van der Waals surface area contributed by atoms with Gasteiger partial charge in [0.25, 0.3) is 5.91 Å². The summed E-state index contributed by atoms with van der Waals surface area (Å²) in [5.74, 6) is -0.232. The zero-order chi connectivity index (χ0) is 21.3. The topological polar surface area (TPSA) is 40.6 Å². The highest BCUT2D eigenvalue weighted by molar-refractivity contribution is 6.29. The average molecular weight is 419 g/mol. The standard InChI is InChI=1S/C25H23ClN2O2/c1-18(29)27(20-13-7-4-8-14-20)23-17-25(2,26)28(22-16-10-9-15-21(22)23)24(30)19-11-5-3-6-12-19/h3-16,23H,17H2,1-2H3. The van der Waals surface area contributed by atoms with Crippen LogP contribution in [0.15, 0.2) is 84.9 Å². The molecule has 3 aromatic rings. The van der Waals surface area contributed by atoms with Gasteiger partial charge in [0, 0.05) is 24.6 Å². The van der Waals surface area contributed by atoms with Crippen LogP contribution in [-0.4, -0.2) is 16.8 Å². The van der Waals surface area contributed by atoms with Gasteiger partial charge in [-0.05, 0) is 42.8 Å². The normalized spacial score (nSPS) is 20.4. The molecule has 5 heteroatoms. The van der Waals surface area contributed by atoms with Crippen molar-refractivity contribution in [2.24, 2.45) is 0 Å². The van der Waals surface area contributed by atoms with Crippen molar-refractivity contribution in [3.05, 3.63) is 96.1 Å². The molecule has 1 aliphatic rings. The number of halogens is 1. The number of nitrogens with zero attached hydrogens (tertiary/aromatic N) is 2. The van der Waals surface area contributed by atoms with E-state index in [1.54, 1.807) is 28.9 Å². The summed E-state index contributed by atoms with van der Waals surface area (Å²) < 4.78 is 0. The first kappa shape index (κ1) is 20.2. The van der Waals surface area contributed by atoms with Gasteiger partial charge in [0.1, 0.15) is 5.00 Å². The largest absolute Gasteiger partial charge is 0.305 e. The monoisotopic (exact) mass is 418 g/mol. The van der Waals surface area contributed by atoms with E-state index in [9.17, 15) is 9.59 Å².